The van der Waals surface area contributed by atoms with Crippen molar-refractivity contribution in [2.24, 2.45) is 0 Å². The maximum Gasteiger partial charge on any atom is 0.248 e. The molecule has 0 aromatic heterocycles. The van der Waals surface area contributed by atoms with Crippen LogP contribution in [0.5, 0.6) is 0 Å². The average molecular weight is 327 g/mol. The summed E-state index contributed by atoms with van der Waals surface area (Å²) in [5, 5.41) is 3.11. The lowest BCUT2D eigenvalue weighted by Gasteiger charge is -2.27. The van der Waals surface area contributed by atoms with Gasteiger partial charge < -0.3 is 10.2 Å². The fourth-order valence-corrected chi connectivity index (χ4v) is 3.94. The summed E-state index contributed by atoms with van der Waals surface area (Å²) in [6, 6.07) is -0.329. The van der Waals surface area contributed by atoms with E-state index >= 15 is 0 Å². The van der Waals surface area contributed by atoms with Gasteiger partial charge in [-0.15, -0.1) is 11.8 Å². The van der Waals surface area contributed by atoms with Gasteiger partial charge in [-0.1, -0.05) is 38.7 Å². The molecule has 2 amide bonds. The summed E-state index contributed by atoms with van der Waals surface area (Å²) < 4.78 is 0. The summed E-state index contributed by atoms with van der Waals surface area (Å²) in [5.74, 6) is 0.653. The number of unbranched alkanes of at least 4 members (excludes halogenated alkanes) is 3. The number of nitrogens with one attached hydrogen (secondary N) is 1. The quantitative estimate of drug-likeness (QED) is 0.550. The Morgan fingerprint density at radius 2 is 1.95 bits per heavy atom. The van der Waals surface area contributed by atoms with E-state index in [-0.39, 0.29) is 23.2 Å². The molecular formula is C17H30N2O2S. The Hall–Kier alpha value is -0.970. The van der Waals surface area contributed by atoms with Gasteiger partial charge in [0.05, 0.1) is 5.37 Å². The molecule has 5 heteroatoms. The Kier molecular flexibility index (Phi) is 8.61. The molecule has 126 valence electrons. The molecule has 0 aliphatic carbocycles. The molecule has 1 N–H and O–H groups in total. The minimum Gasteiger partial charge on any atom is -0.354 e. The highest BCUT2D eigenvalue weighted by Gasteiger charge is 2.39. The van der Waals surface area contributed by atoms with Crippen LogP contribution in [0.25, 0.3) is 0 Å². The van der Waals surface area contributed by atoms with Crippen LogP contribution in [-0.2, 0) is 9.59 Å². The zero-order valence-electron chi connectivity index (χ0n) is 14.4. The molecule has 1 aliphatic rings. The van der Waals surface area contributed by atoms with Crippen LogP contribution in [-0.4, -0.2) is 40.4 Å². The summed E-state index contributed by atoms with van der Waals surface area (Å²) in [6.45, 7) is 8.76. The summed E-state index contributed by atoms with van der Waals surface area (Å²) >= 11 is 1.70. The van der Waals surface area contributed by atoms with Crippen LogP contribution in [0.15, 0.2) is 11.6 Å². The van der Waals surface area contributed by atoms with E-state index in [2.05, 4.69) is 19.2 Å². The SMILES string of the molecule is CCCCCCNC(=O)[C@H]1CS[C@H](CC)N1C(=O)C=C(C)C. The van der Waals surface area contributed by atoms with E-state index in [1.807, 2.05) is 13.8 Å². The zero-order valence-corrected chi connectivity index (χ0v) is 15.2. The van der Waals surface area contributed by atoms with Crippen molar-refractivity contribution >= 4 is 23.6 Å². The van der Waals surface area contributed by atoms with Crippen molar-refractivity contribution in [2.45, 2.75) is 71.2 Å². The largest absolute Gasteiger partial charge is 0.354 e. The second-order valence-electron chi connectivity index (χ2n) is 6.03. The summed E-state index contributed by atoms with van der Waals surface area (Å²) in [5.41, 5.74) is 0.968. The Morgan fingerprint density at radius 3 is 2.55 bits per heavy atom. The molecule has 0 aromatic carbocycles. The van der Waals surface area contributed by atoms with Gasteiger partial charge >= 0.3 is 0 Å². The van der Waals surface area contributed by atoms with Gasteiger partial charge in [0.2, 0.25) is 11.8 Å². The number of amides is 2. The highest BCUT2D eigenvalue weighted by atomic mass is 32.2. The van der Waals surface area contributed by atoms with Crippen molar-refractivity contribution in [3.63, 3.8) is 0 Å². The Morgan fingerprint density at radius 1 is 1.23 bits per heavy atom. The molecule has 1 rings (SSSR count). The van der Waals surface area contributed by atoms with Gasteiger partial charge in [0.25, 0.3) is 0 Å². The maximum atomic E-state index is 12.4. The van der Waals surface area contributed by atoms with Crippen LogP contribution >= 0.6 is 11.8 Å². The zero-order chi connectivity index (χ0) is 16.5. The fraction of sp³-hybridized carbons (Fsp3) is 0.765. The van der Waals surface area contributed by atoms with Crippen LogP contribution in [0.4, 0.5) is 0 Å². The number of carbonyl (C=O) groups excluding carboxylic acids is 2. The lowest BCUT2D eigenvalue weighted by Crippen LogP contribution is -2.49. The summed E-state index contributed by atoms with van der Waals surface area (Å²) in [6.07, 6.45) is 7.06. The molecule has 0 aromatic rings. The highest BCUT2D eigenvalue weighted by Crippen LogP contribution is 2.31. The van der Waals surface area contributed by atoms with Crippen LogP contribution in [0.3, 0.4) is 0 Å². The van der Waals surface area contributed by atoms with Crippen molar-refractivity contribution < 1.29 is 9.59 Å². The van der Waals surface area contributed by atoms with Gasteiger partial charge in [0.1, 0.15) is 6.04 Å². The summed E-state index contributed by atoms with van der Waals surface area (Å²) in [4.78, 5) is 26.6. The molecule has 22 heavy (non-hydrogen) atoms. The van der Waals surface area contributed by atoms with E-state index in [0.29, 0.717) is 12.3 Å². The molecule has 1 saturated heterocycles. The molecular weight excluding hydrogens is 296 g/mol. The van der Waals surface area contributed by atoms with Crippen molar-refractivity contribution in [2.75, 3.05) is 12.3 Å². The molecule has 0 bridgehead atoms. The number of hydrogen-bond donors (Lipinski definition) is 1. The van der Waals surface area contributed by atoms with Gasteiger partial charge in [0.15, 0.2) is 0 Å². The Balaban J connectivity index is 2.60. The lowest BCUT2D eigenvalue weighted by atomic mass is 10.2. The summed E-state index contributed by atoms with van der Waals surface area (Å²) in [7, 11) is 0. The number of nitrogens with zero attached hydrogens (tertiary/aromatic N) is 1. The van der Waals surface area contributed by atoms with Gasteiger partial charge in [-0.25, -0.2) is 0 Å². The molecule has 1 aliphatic heterocycles. The first-order chi connectivity index (χ1) is 10.5. The van der Waals surface area contributed by atoms with E-state index in [1.165, 1.54) is 12.8 Å². The molecule has 1 fully saturated rings. The van der Waals surface area contributed by atoms with Crippen molar-refractivity contribution in [1.29, 1.82) is 0 Å². The van der Waals surface area contributed by atoms with Crippen LogP contribution in [0.1, 0.15) is 59.8 Å². The van der Waals surface area contributed by atoms with Crippen LogP contribution in [0.2, 0.25) is 0 Å². The number of thioether (sulfide) groups is 1. The van der Waals surface area contributed by atoms with Crippen molar-refractivity contribution in [3.8, 4) is 0 Å². The van der Waals surface area contributed by atoms with Crippen LogP contribution in [0, 0.1) is 0 Å². The van der Waals surface area contributed by atoms with E-state index in [1.54, 1.807) is 22.7 Å². The predicted molar refractivity (Wildman–Crippen MR) is 93.8 cm³/mol. The smallest absolute Gasteiger partial charge is 0.248 e. The Bertz CT molecular complexity index is 405. The standard InChI is InChI=1S/C17H30N2O2S/c1-5-7-8-9-10-18-17(21)14-12-22-16(6-2)19(14)15(20)11-13(3)4/h11,14,16H,5-10,12H2,1-4H3,(H,18,21)/t14-,16-/m1/s1. The van der Waals surface area contributed by atoms with Gasteiger partial charge in [-0.3, -0.25) is 9.59 Å². The molecule has 4 nitrogen and oxygen atoms in total. The van der Waals surface area contributed by atoms with Gasteiger partial charge in [0, 0.05) is 18.4 Å². The lowest BCUT2D eigenvalue weighted by molar-refractivity contribution is -0.136. The number of rotatable bonds is 8. The minimum atomic E-state index is -0.329. The van der Waals surface area contributed by atoms with E-state index in [9.17, 15) is 9.59 Å². The third-order valence-electron chi connectivity index (χ3n) is 3.74. The van der Waals surface area contributed by atoms with Gasteiger partial charge in [-0.05, 0) is 26.7 Å². The molecule has 2 atom stereocenters. The first-order valence-corrected chi connectivity index (χ1v) is 9.42. The first-order valence-electron chi connectivity index (χ1n) is 8.37. The molecule has 1 heterocycles. The predicted octanol–water partition coefficient (Wildman–Crippen LogP) is 3.33. The van der Waals surface area contributed by atoms with Crippen molar-refractivity contribution in [3.05, 3.63) is 11.6 Å². The number of carbonyl (C=O) groups is 2. The van der Waals surface area contributed by atoms with Gasteiger partial charge in [-0.2, -0.15) is 0 Å². The number of allylic oxidation sites excluding steroid dienone is 1. The molecule has 0 saturated carbocycles. The second-order valence-corrected chi connectivity index (χ2v) is 7.24. The van der Waals surface area contributed by atoms with E-state index in [0.717, 1.165) is 24.8 Å². The monoisotopic (exact) mass is 326 g/mol. The van der Waals surface area contributed by atoms with E-state index < -0.39 is 0 Å². The maximum absolute atomic E-state index is 12.4. The molecule has 0 radical (unpaired) electrons. The number of hydrogen-bond acceptors (Lipinski definition) is 3. The average Bonchev–Trinajstić information content (AvgIpc) is 2.90. The van der Waals surface area contributed by atoms with Crippen LogP contribution < -0.4 is 5.32 Å². The van der Waals surface area contributed by atoms with Crippen molar-refractivity contribution in [1.82, 2.24) is 10.2 Å². The normalized spacial score (nSPS) is 20.8. The third kappa shape index (κ3) is 5.67. The Labute approximate surface area is 139 Å². The second kappa shape index (κ2) is 9.93. The molecule has 0 spiro atoms. The molecule has 0 unspecified atom stereocenters. The highest BCUT2D eigenvalue weighted by molar-refractivity contribution is 8.00. The fourth-order valence-electron chi connectivity index (χ4n) is 2.58. The van der Waals surface area contributed by atoms with E-state index in [4.69, 9.17) is 0 Å². The topological polar surface area (TPSA) is 49.4 Å². The third-order valence-corrected chi connectivity index (χ3v) is 5.19. The minimum absolute atomic E-state index is 0.00421. The first kappa shape index (κ1) is 19.1.